The zero-order valence-electron chi connectivity index (χ0n) is 22.0. The van der Waals surface area contributed by atoms with Gasteiger partial charge in [0.2, 0.25) is 0 Å². The molecule has 0 radical (unpaired) electrons. The van der Waals surface area contributed by atoms with Crippen molar-refractivity contribution in [3.8, 4) is 0 Å². The summed E-state index contributed by atoms with van der Waals surface area (Å²) in [5.41, 5.74) is -1.17. The molecule has 0 saturated heterocycles. The van der Waals surface area contributed by atoms with Crippen LogP contribution in [-0.4, -0.2) is 49.3 Å². The number of hydrogen-bond acceptors (Lipinski definition) is 8. The van der Waals surface area contributed by atoms with E-state index in [9.17, 15) is 19.2 Å². The van der Waals surface area contributed by atoms with Crippen LogP contribution in [0.1, 0.15) is 92.4 Å². The number of hydrogen-bond donors (Lipinski definition) is 0. The molecule has 8 nitrogen and oxygen atoms in total. The first-order valence-corrected chi connectivity index (χ1v) is 13.1. The lowest BCUT2D eigenvalue weighted by molar-refractivity contribution is -0.202. The number of esters is 4. The molecule has 4 fully saturated rings. The lowest BCUT2D eigenvalue weighted by Crippen LogP contribution is -2.57. The summed E-state index contributed by atoms with van der Waals surface area (Å²) in [6.07, 6.45) is 7.52. The fraction of sp³-hybridized carbons (Fsp3) is 0.852. The van der Waals surface area contributed by atoms with Crippen molar-refractivity contribution in [3.05, 3.63) is 0 Å². The van der Waals surface area contributed by atoms with E-state index < -0.39 is 35.5 Å². The number of carbonyl (C=O) groups is 4. The molecule has 0 aromatic heterocycles. The van der Waals surface area contributed by atoms with Crippen molar-refractivity contribution < 1.29 is 38.1 Å². The van der Waals surface area contributed by atoms with Gasteiger partial charge < -0.3 is 18.9 Å². The van der Waals surface area contributed by atoms with Gasteiger partial charge in [0.05, 0.1) is 18.3 Å². The molecule has 4 aliphatic rings. The Bertz CT molecular complexity index is 777. The maximum atomic E-state index is 12.5. The highest BCUT2D eigenvalue weighted by Crippen LogP contribution is 2.64. The van der Waals surface area contributed by atoms with Crippen molar-refractivity contribution in [1.82, 2.24) is 0 Å². The Labute approximate surface area is 208 Å². The molecule has 4 bridgehead atoms. The number of rotatable bonds is 12. The molecule has 198 valence electrons. The Morgan fingerprint density at radius 3 is 1.74 bits per heavy atom. The maximum absolute atomic E-state index is 12.5. The second-order valence-electron chi connectivity index (χ2n) is 11.9. The summed E-state index contributed by atoms with van der Waals surface area (Å²) in [6.45, 7) is 8.87. The molecule has 0 amide bonds. The fourth-order valence-electron chi connectivity index (χ4n) is 6.39. The van der Waals surface area contributed by atoms with Crippen LogP contribution in [0.3, 0.4) is 0 Å². The number of carbonyl (C=O) groups excluding carboxylic acids is 4. The largest absolute Gasteiger partial charge is 0.462 e. The van der Waals surface area contributed by atoms with Gasteiger partial charge in [-0.25, -0.2) is 4.79 Å². The molecule has 8 heteroatoms. The minimum absolute atomic E-state index is 0.0196. The summed E-state index contributed by atoms with van der Waals surface area (Å²) in [5, 5.41) is 0. The summed E-state index contributed by atoms with van der Waals surface area (Å²) in [6, 6.07) is 0. The van der Waals surface area contributed by atoms with Crippen LogP contribution in [-0.2, 0) is 38.1 Å². The zero-order valence-corrected chi connectivity index (χ0v) is 22.0. The molecular weight excluding hydrogens is 452 g/mol. The Morgan fingerprint density at radius 2 is 1.23 bits per heavy atom. The third-order valence-corrected chi connectivity index (χ3v) is 8.58. The van der Waals surface area contributed by atoms with Crippen LogP contribution in [0.2, 0.25) is 0 Å². The van der Waals surface area contributed by atoms with Crippen LogP contribution in [0, 0.1) is 28.6 Å². The summed E-state index contributed by atoms with van der Waals surface area (Å²) in [4.78, 5) is 48.2. The highest BCUT2D eigenvalue weighted by Gasteiger charge is 2.58. The SMILES string of the molecule is CCC(C)(C)C(=O)OCCOC(=O)CCC(=O)OCC(=O)OC(C)(C)C12CC3CC(CC(C3)C1)C2. The third-order valence-electron chi connectivity index (χ3n) is 8.58. The Balaban J connectivity index is 1.31. The van der Waals surface area contributed by atoms with Crippen molar-refractivity contribution in [1.29, 1.82) is 0 Å². The van der Waals surface area contributed by atoms with Crippen molar-refractivity contribution in [2.45, 2.75) is 98.0 Å². The average molecular weight is 495 g/mol. The van der Waals surface area contributed by atoms with E-state index in [1.54, 1.807) is 13.8 Å². The molecule has 4 aliphatic carbocycles. The standard InChI is InChI=1S/C27H42O8/c1-6-25(2,3)24(31)33-10-9-32-21(28)7-8-22(29)34-17-23(30)35-26(4,5)27-14-18-11-19(15-27)13-20(12-18)16-27/h18-20H,6-17H2,1-5H3. The van der Waals surface area contributed by atoms with Gasteiger partial charge in [0.1, 0.15) is 18.8 Å². The Morgan fingerprint density at radius 1 is 0.743 bits per heavy atom. The number of ether oxygens (including phenoxy) is 4. The predicted molar refractivity (Wildman–Crippen MR) is 127 cm³/mol. The molecule has 0 aromatic carbocycles. The molecule has 0 N–H and O–H groups in total. The van der Waals surface area contributed by atoms with E-state index in [1.807, 2.05) is 20.8 Å². The molecular formula is C27H42O8. The molecule has 0 atom stereocenters. The first kappa shape index (κ1) is 27.5. The predicted octanol–water partition coefficient (Wildman–Crippen LogP) is 4.37. The van der Waals surface area contributed by atoms with Crippen molar-refractivity contribution in [2.75, 3.05) is 19.8 Å². The highest BCUT2D eigenvalue weighted by molar-refractivity contribution is 5.80. The summed E-state index contributed by atoms with van der Waals surface area (Å²) < 4.78 is 21.0. The van der Waals surface area contributed by atoms with Crippen LogP contribution < -0.4 is 0 Å². The van der Waals surface area contributed by atoms with Gasteiger partial charge in [-0.15, -0.1) is 0 Å². The van der Waals surface area contributed by atoms with Gasteiger partial charge in [0, 0.05) is 5.41 Å². The van der Waals surface area contributed by atoms with Gasteiger partial charge in [-0.2, -0.15) is 0 Å². The fourth-order valence-corrected chi connectivity index (χ4v) is 6.39. The van der Waals surface area contributed by atoms with E-state index >= 15 is 0 Å². The van der Waals surface area contributed by atoms with E-state index in [-0.39, 0.29) is 37.4 Å². The van der Waals surface area contributed by atoms with Gasteiger partial charge in [-0.05, 0) is 90.4 Å². The van der Waals surface area contributed by atoms with E-state index in [0.717, 1.165) is 37.0 Å². The topological polar surface area (TPSA) is 105 Å². The maximum Gasteiger partial charge on any atom is 0.344 e. The minimum atomic E-state index is -0.664. The molecule has 0 spiro atoms. The molecule has 4 rings (SSSR count). The van der Waals surface area contributed by atoms with E-state index in [0.29, 0.717) is 6.42 Å². The van der Waals surface area contributed by atoms with Crippen LogP contribution in [0.25, 0.3) is 0 Å². The first-order chi connectivity index (χ1) is 16.4. The molecule has 0 aliphatic heterocycles. The molecule has 4 saturated carbocycles. The molecule has 0 unspecified atom stereocenters. The normalized spacial score (nSPS) is 27.3. The van der Waals surface area contributed by atoms with E-state index in [4.69, 9.17) is 18.9 Å². The minimum Gasteiger partial charge on any atom is -0.462 e. The van der Waals surface area contributed by atoms with Crippen LogP contribution >= 0.6 is 0 Å². The second kappa shape index (κ2) is 10.9. The summed E-state index contributed by atoms with van der Waals surface area (Å²) >= 11 is 0. The van der Waals surface area contributed by atoms with Crippen molar-refractivity contribution in [3.63, 3.8) is 0 Å². The van der Waals surface area contributed by atoms with E-state index in [2.05, 4.69) is 0 Å². The van der Waals surface area contributed by atoms with Crippen LogP contribution in [0.4, 0.5) is 0 Å². The van der Waals surface area contributed by atoms with Gasteiger partial charge in [-0.3, -0.25) is 14.4 Å². The first-order valence-electron chi connectivity index (χ1n) is 13.1. The Hall–Kier alpha value is -2.12. The summed E-state index contributed by atoms with van der Waals surface area (Å²) in [5.74, 6) is 0.0587. The zero-order chi connectivity index (χ0) is 25.9. The molecule has 0 aromatic rings. The van der Waals surface area contributed by atoms with E-state index in [1.165, 1.54) is 19.3 Å². The summed E-state index contributed by atoms with van der Waals surface area (Å²) in [7, 11) is 0. The second-order valence-corrected chi connectivity index (χ2v) is 11.9. The van der Waals surface area contributed by atoms with Gasteiger partial charge in [0.15, 0.2) is 6.61 Å². The van der Waals surface area contributed by atoms with Crippen molar-refractivity contribution in [2.24, 2.45) is 28.6 Å². The quantitative estimate of drug-likeness (QED) is 0.224. The molecule has 35 heavy (non-hydrogen) atoms. The van der Waals surface area contributed by atoms with Gasteiger partial charge in [0.25, 0.3) is 0 Å². The lowest BCUT2D eigenvalue weighted by atomic mass is 9.46. The molecule has 0 heterocycles. The van der Waals surface area contributed by atoms with Crippen molar-refractivity contribution >= 4 is 23.9 Å². The Kier molecular flexibility index (Phi) is 8.53. The smallest absolute Gasteiger partial charge is 0.344 e. The van der Waals surface area contributed by atoms with Gasteiger partial charge in [-0.1, -0.05) is 6.92 Å². The highest BCUT2D eigenvalue weighted by atomic mass is 16.6. The average Bonchev–Trinajstić information content (AvgIpc) is 2.77. The van der Waals surface area contributed by atoms with Crippen LogP contribution in [0.15, 0.2) is 0 Å². The monoisotopic (exact) mass is 494 g/mol. The lowest BCUT2D eigenvalue weighted by Gasteiger charge is -2.61. The van der Waals surface area contributed by atoms with Gasteiger partial charge >= 0.3 is 23.9 Å². The third kappa shape index (κ3) is 6.76. The van der Waals surface area contributed by atoms with Crippen LogP contribution in [0.5, 0.6) is 0 Å².